The molecular weight excluding hydrogens is 546 g/mol. The highest BCUT2D eigenvalue weighted by Crippen LogP contribution is 2.28. The Kier molecular flexibility index (Phi) is 10.1. The number of benzene rings is 4. The number of rotatable bonds is 12. The van der Waals surface area contributed by atoms with Crippen molar-refractivity contribution in [3.05, 3.63) is 131 Å². The van der Waals surface area contributed by atoms with Gasteiger partial charge in [0.05, 0.1) is 10.6 Å². The van der Waals surface area contributed by atoms with Gasteiger partial charge < -0.3 is 10.2 Å². The minimum Gasteiger partial charge on any atom is -0.357 e. The molecule has 0 heterocycles. The lowest BCUT2D eigenvalue weighted by molar-refractivity contribution is -0.139. The SMILES string of the molecule is CCc1ccccc1N(CC(=O)N(Cc1cccc(C)c1)[C@H](Cc1ccccc1)C(=O)NC)S(=O)(=O)c1ccccc1. The number of amides is 2. The maximum atomic E-state index is 14.4. The second-order valence-electron chi connectivity index (χ2n) is 10.1. The van der Waals surface area contributed by atoms with E-state index >= 15 is 0 Å². The van der Waals surface area contributed by atoms with Crippen LogP contribution < -0.4 is 9.62 Å². The number of likely N-dealkylation sites (N-methyl/N-ethyl adjacent to an activating group) is 1. The van der Waals surface area contributed by atoms with E-state index in [4.69, 9.17) is 0 Å². The molecule has 42 heavy (non-hydrogen) atoms. The van der Waals surface area contributed by atoms with Gasteiger partial charge in [-0.1, -0.05) is 103 Å². The fourth-order valence-electron chi connectivity index (χ4n) is 5.01. The van der Waals surface area contributed by atoms with E-state index < -0.39 is 28.5 Å². The van der Waals surface area contributed by atoms with E-state index in [0.29, 0.717) is 12.1 Å². The molecule has 4 aromatic rings. The van der Waals surface area contributed by atoms with E-state index in [9.17, 15) is 18.0 Å². The minimum atomic E-state index is -4.12. The summed E-state index contributed by atoms with van der Waals surface area (Å²) >= 11 is 0. The maximum Gasteiger partial charge on any atom is 0.264 e. The zero-order chi connectivity index (χ0) is 30.1. The smallest absolute Gasteiger partial charge is 0.264 e. The molecule has 0 aliphatic heterocycles. The molecule has 1 N–H and O–H groups in total. The maximum absolute atomic E-state index is 14.4. The first kappa shape index (κ1) is 30.5. The van der Waals surface area contributed by atoms with E-state index in [1.165, 1.54) is 21.3 Å². The van der Waals surface area contributed by atoms with Crippen LogP contribution in [0.1, 0.15) is 29.2 Å². The Labute approximate surface area is 248 Å². The zero-order valence-electron chi connectivity index (χ0n) is 24.2. The standard InChI is InChI=1S/C34H37N3O4S/c1-4-29-18-11-12-21-31(29)37(42(40,41)30-19-9-6-10-20-30)25-33(38)36(24-28-17-13-14-26(2)22-28)32(34(39)35-3)23-27-15-7-5-8-16-27/h5-22,32H,4,23-25H2,1-3H3,(H,35,39)/t32-/m1/s1. The van der Waals surface area contributed by atoms with E-state index in [-0.39, 0.29) is 23.8 Å². The largest absolute Gasteiger partial charge is 0.357 e. The van der Waals surface area contributed by atoms with Gasteiger partial charge in [-0.3, -0.25) is 13.9 Å². The van der Waals surface area contributed by atoms with Gasteiger partial charge in [-0.2, -0.15) is 0 Å². The normalized spacial score (nSPS) is 11.9. The van der Waals surface area contributed by atoms with Crippen LogP contribution in [-0.2, 0) is 39.0 Å². The van der Waals surface area contributed by atoms with Gasteiger partial charge in [0.25, 0.3) is 10.0 Å². The second-order valence-corrected chi connectivity index (χ2v) is 12.0. The Bertz CT molecular complexity index is 1610. The number of carbonyl (C=O) groups excluding carboxylic acids is 2. The number of hydrogen-bond donors (Lipinski definition) is 1. The number of nitrogens with one attached hydrogen (secondary N) is 1. The van der Waals surface area contributed by atoms with Crippen LogP contribution in [0.3, 0.4) is 0 Å². The van der Waals surface area contributed by atoms with Gasteiger partial charge in [0.1, 0.15) is 12.6 Å². The van der Waals surface area contributed by atoms with Crippen molar-refractivity contribution in [2.45, 2.75) is 44.2 Å². The molecule has 218 valence electrons. The van der Waals surface area contributed by atoms with Gasteiger partial charge in [0, 0.05) is 20.0 Å². The summed E-state index contributed by atoms with van der Waals surface area (Å²) in [4.78, 5) is 29.3. The Morgan fingerprint density at radius 1 is 0.810 bits per heavy atom. The van der Waals surface area contributed by atoms with Crippen LogP contribution in [0, 0.1) is 6.92 Å². The van der Waals surface area contributed by atoms with E-state index in [2.05, 4.69) is 5.32 Å². The molecule has 0 saturated heterocycles. The molecule has 4 aromatic carbocycles. The Balaban J connectivity index is 1.81. The van der Waals surface area contributed by atoms with Gasteiger partial charge >= 0.3 is 0 Å². The monoisotopic (exact) mass is 583 g/mol. The molecule has 4 rings (SSSR count). The number of anilines is 1. The lowest BCUT2D eigenvalue weighted by atomic mass is 10.0. The molecule has 0 spiro atoms. The summed E-state index contributed by atoms with van der Waals surface area (Å²) in [6.07, 6.45) is 0.849. The van der Waals surface area contributed by atoms with Gasteiger partial charge in [-0.25, -0.2) is 8.42 Å². The number of aryl methyl sites for hydroxylation is 2. The van der Waals surface area contributed by atoms with Gasteiger partial charge in [0.15, 0.2) is 0 Å². The van der Waals surface area contributed by atoms with Crippen molar-refractivity contribution in [1.82, 2.24) is 10.2 Å². The van der Waals surface area contributed by atoms with Gasteiger partial charge in [0.2, 0.25) is 11.8 Å². The average molecular weight is 584 g/mol. The van der Waals surface area contributed by atoms with Crippen molar-refractivity contribution in [3.8, 4) is 0 Å². The summed E-state index contributed by atoms with van der Waals surface area (Å²) in [6, 6.07) is 31.7. The molecule has 0 unspecified atom stereocenters. The first-order valence-corrected chi connectivity index (χ1v) is 15.4. The van der Waals surface area contributed by atoms with E-state index in [1.807, 2.05) is 80.6 Å². The summed E-state index contributed by atoms with van der Waals surface area (Å²) in [6.45, 7) is 3.58. The number of hydrogen-bond acceptors (Lipinski definition) is 4. The first-order chi connectivity index (χ1) is 20.2. The van der Waals surface area contributed by atoms with Crippen LogP contribution in [-0.4, -0.2) is 44.8 Å². The van der Waals surface area contributed by atoms with Crippen molar-refractivity contribution in [1.29, 1.82) is 0 Å². The van der Waals surface area contributed by atoms with Crippen molar-refractivity contribution >= 4 is 27.5 Å². The molecule has 0 aliphatic rings. The van der Waals surface area contributed by atoms with Crippen molar-refractivity contribution in [2.75, 3.05) is 17.9 Å². The van der Waals surface area contributed by atoms with Crippen molar-refractivity contribution in [2.24, 2.45) is 0 Å². The Morgan fingerprint density at radius 2 is 1.43 bits per heavy atom. The third kappa shape index (κ3) is 7.25. The molecule has 0 fully saturated rings. The summed E-state index contributed by atoms with van der Waals surface area (Å²) < 4.78 is 29.4. The molecule has 0 aromatic heterocycles. The predicted octanol–water partition coefficient (Wildman–Crippen LogP) is 5.14. The quantitative estimate of drug-likeness (QED) is 0.250. The molecule has 8 heteroatoms. The van der Waals surface area contributed by atoms with Crippen LogP contribution in [0.25, 0.3) is 0 Å². The van der Waals surface area contributed by atoms with Crippen LogP contribution >= 0.6 is 0 Å². The third-order valence-corrected chi connectivity index (χ3v) is 8.98. The van der Waals surface area contributed by atoms with Crippen LogP contribution in [0.15, 0.2) is 114 Å². The number of nitrogens with zero attached hydrogens (tertiary/aromatic N) is 2. The summed E-state index contributed by atoms with van der Waals surface area (Å²) in [5, 5.41) is 2.71. The van der Waals surface area contributed by atoms with Crippen LogP contribution in [0.2, 0.25) is 0 Å². The molecule has 0 bridgehead atoms. The average Bonchev–Trinajstić information content (AvgIpc) is 3.02. The van der Waals surface area contributed by atoms with Gasteiger partial charge in [-0.15, -0.1) is 0 Å². The molecule has 7 nitrogen and oxygen atoms in total. The van der Waals surface area contributed by atoms with E-state index in [0.717, 1.165) is 22.3 Å². The highest BCUT2D eigenvalue weighted by molar-refractivity contribution is 7.92. The lowest BCUT2D eigenvalue weighted by Crippen LogP contribution is -2.53. The number of sulfonamides is 1. The fourth-order valence-corrected chi connectivity index (χ4v) is 6.49. The summed E-state index contributed by atoms with van der Waals surface area (Å²) in [5.41, 5.74) is 3.98. The molecule has 0 aliphatic carbocycles. The minimum absolute atomic E-state index is 0.0843. The molecule has 2 amide bonds. The predicted molar refractivity (Wildman–Crippen MR) is 167 cm³/mol. The highest BCUT2D eigenvalue weighted by atomic mass is 32.2. The number of carbonyl (C=O) groups is 2. The Morgan fingerprint density at radius 3 is 2.07 bits per heavy atom. The van der Waals surface area contributed by atoms with Crippen molar-refractivity contribution < 1.29 is 18.0 Å². The molecular formula is C34H37N3O4S. The van der Waals surface area contributed by atoms with Crippen LogP contribution in [0.5, 0.6) is 0 Å². The number of para-hydroxylation sites is 1. The summed E-state index contributed by atoms with van der Waals surface area (Å²) in [5.74, 6) is -0.808. The zero-order valence-corrected chi connectivity index (χ0v) is 25.1. The lowest BCUT2D eigenvalue weighted by Gasteiger charge is -2.34. The fraction of sp³-hybridized carbons (Fsp3) is 0.235. The second kappa shape index (κ2) is 14.0. The molecule has 1 atom stereocenters. The summed E-state index contributed by atoms with van der Waals surface area (Å²) in [7, 11) is -2.58. The highest BCUT2D eigenvalue weighted by Gasteiger charge is 2.34. The van der Waals surface area contributed by atoms with Gasteiger partial charge in [-0.05, 0) is 48.2 Å². The molecule has 0 saturated carbocycles. The van der Waals surface area contributed by atoms with E-state index in [1.54, 1.807) is 37.4 Å². The van der Waals surface area contributed by atoms with Crippen LogP contribution in [0.4, 0.5) is 5.69 Å². The first-order valence-electron chi connectivity index (χ1n) is 14.0. The topological polar surface area (TPSA) is 86.8 Å². The third-order valence-electron chi connectivity index (χ3n) is 7.20. The Hall–Kier alpha value is -4.43. The molecule has 0 radical (unpaired) electrons. The van der Waals surface area contributed by atoms with Crippen molar-refractivity contribution in [3.63, 3.8) is 0 Å².